The molecule has 4 rings (SSSR count). The van der Waals surface area contributed by atoms with Gasteiger partial charge in [0, 0.05) is 18.8 Å². The van der Waals surface area contributed by atoms with Crippen molar-refractivity contribution >= 4 is 11.8 Å². The fraction of sp³-hybridized carbons (Fsp3) is 0.227. The van der Waals surface area contributed by atoms with Gasteiger partial charge in [0.05, 0.1) is 11.8 Å². The molecule has 1 aliphatic rings. The lowest BCUT2D eigenvalue weighted by atomic mass is 10.2. The minimum atomic E-state index is -0.703. The average molecular weight is 423 g/mol. The first-order valence-corrected chi connectivity index (χ1v) is 9.65. The van der Waals surface area contributed by atoms with Crippen LogP contribution in [-0.2, 0) is 17.9 Å². The lowest BCUT2D eigenvalue weighted by Crippen LogP contribution is -2.44. The Balaban J connectivity index is 1.27. The highest BCUT2D eigenvalue weighted by Gasteiger charge is 2.17. The number of furan rings is 1. The van der Waals surface area contributed by atoms with Crippen LogP contribution in [0.3, 0.4) is 0 Å². The maximum Gasteiger partial charge on any atom is 0.255 e. The zero-order chi connectivity index (χ0) is 21.6. The number of amides is 2. The van der Waals surface area contributed by atoms with E-state index < -0.39 is 6.04 Å². The molecule has 0 spiro atoms. The SMILES string of the molecule is C[C@H](NC(=O)c1ccoc1)C(=O)NCc1ccnc(OCc2ccc3c(c2)OCO3)c1. The number of carbonyl (C=O) groups excluding carboxylic acids is 2. The van der Waals surface area contributed by atoms with E-state index in [1.54, 1.807) is 25.3 Å². The molecule has 1 aromatic carbocycles. The third kappa shape index (κ3) is 5.13. The molecule has 9 nitrogen and oxygen atoms in total. The molecule has 2 aromatic heterocycles. The van der Waals surface area contributed by atoms with Gasteiger partial charge in [0.2, 0.25) is 18.6 Å². The van der Waals surface area contributed by atoms with Gasteiger partial charge in [0.25, 0.3) is 5.91 Å². The molecule has 2 N–H and O–H groups in total. The van der Waals surface area contributed by atoms with E-state index in [4.69, 9.17) is 18.6 Å². The van der Waals surface area contributed by atoms with E-state index in [0.717, 1.165) is 16.9 Å². The van der Waals surface area contributed by atoms with Gasteiger partial charge in [-0.3, -0.25) is 9.59 Å². The van der Waals surface area contributed by atoms with Crippen LogP contribution in [0.15, 0.2) is 59.5 Å². The van der Waals surface area contributed by atoms with Gasteiger partial charge in [0.15, 0.2) is 11.5 Å². The van der Waals surface area contributed by atoms with Crippen molar-refractivity contribution in [2.24, 2.45) is 0 Å². The van der Waals surface area contributed by atoms with Crippen molar-refractivity contribution in [3.05, 3.63) is 71.8 Å². The highest BCUT2D eigenvalue weighted by atomic mass is 16.7. The molecule has 0 fully saturated rings. The molecule has 1 atom stereocenters. The molecule has 9 heteroatoms. The summed E-state index contributed by atoms with van der Waals surface area (Å²) in [6.45, 7) is 2.42. The van der Waals surface area contributed by atoms with E-state index in [0.29, 0.717) is 23.8 Å². The fourth-order valence-electron chi connectivity index (χ4n) is 2.91. The molecule has 0 saturated heterocycles. The summed E-state index contributed by atoms with van der Waals surface area (Å²) in [5, 5.41) is 5.41. The minimum Gasteiger partial charge on any atom is -0.473 e. The van der Waals surface area contributed by atoms with Crippen molar-refractivity contribution in [1.29, 1.82) is 0 Å². The molecule has 0 bridgehead atoms. The Morgan fingerprint density at radius 1 is 1.13 bits per heavy atom. The third-order valence-electron chi connectivity index (χ3n) is 4.61. The largest absolute Gasteiger partial charge is 0.473 e. The Bertz CT molecular complexity index is 1070. The monoisotopic (exact) mass is 423 g/mol. The van der Waals surface area contributed by atoms with Crippen LogP contribution >= 0.6 is 0 Å². The number of rotatable bonds is 8. The van der Waals surface area contributed by atoms with E-state index in [1.807, 2.05) is 18.2 Å². The zero-order valence-electron chi connectivity index (χ0n) is 16.8. The number of nitrogens with zero attached hydrogens (tertiary/aromatic N) is 1. The smallest absolute Gasteiger partial charge is 0.255 e. The lowest BCUT2D eigenvalue weighted by Gasteiger charge is -2.14. The molecule has 160 valence electrons. The van der Waals surface area contributed by atoms with Gasteiger partial charge in [-0.15, -0.1) is 0 Å². The molecular formula is C22H21N3O6. The summed E-state index contributed by atoms with van der Waals surface area (Å²) in [6.07, 6.45) is 4.33. The van der Waals surface area contributed by atoms with E-state index in [2.05, 4.69) is 15.6 Å². The summed E-state index contributed by atoms with van der Waals surface area (Å²) in [6, 6.07) is 9.97. The van der Waals surface area contributed by atoms with Crippen LogP contribution in [0, 0.1) is 0 Å². The molecule has 3 heterocycles. The van der Waals surface area contributed by atoms with Gasteiger partial charge in [-0.1, -0.05) is 6.07 Å². The first-order chi connectivity index (χ1) is 15.1. The summed E-state index contributed by atoms with van der Waals surface area (Å²) < 4.78 is 21.3. The van der Waals surface area contributed by atoms with Crippen LogP contribution in [-0.4, -0.2) is 29.6 Å². The van der Waals surface area contributed by atoms with Crippen molar-refractivity contribution in [2.45, 2.75) is 26.1 Å². The Morgan fingerprint density at radius 2 is 2.00 bits per heavy atom. The Morgan fingerprint density at radius 3 is 2.84 bits per heavy atom. The van der Waals surface area contributed by atoms with Crippen LogP contribution in [0.25, 0.3) is 0 Å². The molecule has 0 unspecified atom stereocenters. The van der Waals surface area contributed by atoms with Gasteiger partial charge >= 0.3 is 0 Å². The van der Waals surface area contributed by atoms with Crippen LogP contribution in [0.5, 0.6) is 17.4 Å². The van der Waals surface area contributed by atoms with Gasteiger partial charge in [-0.2, -0.15) is 0 Å². The van der Waals surface area contributed by atoms with Crippen molar-refractivity contribution in [1.82, 2.24) is 15.6 Å². The number of nitrogens with one attached hydrogen (secondary N) is 2. The van der Waals surface area contributed by atoms with Crippen molar-refractivity contribution in [2.75, 3.05) is 6.79 Å². The minimum absolute atomic E-state index is 0.223. The predicted molar refractivity (Wildman–Crippen MR) is 109 cm³/mol. The third-order valence-corrected chi connectivity index (χ3v) is 4.61. The molecule has 3 aromatic rings. The van der Waals surface area contributed by atoms with Crippen LogP contribution in [0.4, 0.5) is 0 Å². The number of hydrogen-bond donors (Lipinski definition) is 2. The zero-order valence-corrected chi connectivity index (χ0v) is 16.8. The summed E-state index contributed by atoms with van der Waals surface area (Å²) in [5.74, 6) is 1.16. The van der Waals surface area contributed by atoms with Gasteiger partial charge in [0.1, 0.15) is 18.9 Å². The van der Waals surface area contributed by atoms with Crippen LogP contribution in [0.1, 0.15) is 28.4 Å². The van der Waals surface area contributed by atoms with Gasteiger partial charge in [-0.05, 0) is 42.3 Å². The standard InChI is InChI=1S/C22H21N3O6/c1-14(25-22(27)17-5-7-28-12-17)21(26)24-10-15-4-6-23-20(9-15)29-11-16-2-3-18-19(8-16)31-13-30-18/h2-9,12,14H,10-11,13H2,1H3,(H,24,26)(H,25,27)/t14-/m0/s1. The number of benzene rings is 1. The molecule has 1 aliphatic heterocycles. The number of pyridine rings is 1. The summed E-state index contributed by atoms with van der Waals surface area (Å²) in [5.41, 5.74) is 2.10. The second kappa shape index (κ2) is 9.21. The quantitative estimate of drug-likeness (QED) is 0.572. The summed E-state index contributed by atoms with van der Waals surface area (Å²) in [4.78, 5) is 28.5. The highest BCUT2D eigenvalue weighted by molar-refractivity contribution is 5.97. The maximum absolute atomic E-state index is 12.3. The first kappa shape index (κ1) is 20.3. The van der Waals surface area contributed by atoms with Crippen LogP contribution in [0.2, 0.25) is 0 Å². The van der Waals surface area contributed by atoms with Gasteiger partial charge in [-0.25, -0.2) is 4.98 Å². The molecule has 0 saturated carbocycles. The lowest BCUT2D eigenvalue weighted by molar-refractivity contribution is -0.122. The Labute approximate surface area is 178 Å². The van der Waals surface area contributed by atoms with E-state index in [1.165, 1.54) is 18.6 Å². The average Bonchev–Trinajstić information content (AvgIpc) is 3.48. The summed E-state index contributed by atoms with van der Waals surface area (Å²) in [7, 11) is 0. The first-order valence-electron chi connectivity index (χ1n) is 9.65. The molecular weight excluding hydrogens is 402 g/mol. The van der Waals surface area contributed by atoms with Crippen molar-refractivity contribution in [3.8, 4) is 17.4 Å². The van der Waals surface area contributed by atoms with E-state index >= 15 is 0 Å². The van der Waals surface area contributed by atoms with E-state index in [-0.39, 0.29) is 25.2 Å². The number of carbonyl (C=O) groups is 2. The molecule has 0 radical (unpaired) electrons. The van der Waals surface area contributed by atoms with Gasteiger partial charge < -0.3 is 29.3 Å². The number of hydrogen-bond acceptors (Lipinski definition) is 7. The number of ether oxygens (including phenoxy) is 3. The van der Waals surface area contributed by atoms with Crippen LogP contribution < -0.4 is 24.8 Å². The Kier molecular flexibility index (Phi) is 6.02. The van der Waals surface area contributed by atoms with Crippen molar-refractivity contribution < 1.29 is 28.2 Å². The molecule has 2 amide bonds. The molecule has 31 heavy (non-hydrogen) atoms. The van der Waals surface area contributed by atoms with E-state index in [9.17, 15) is 9.59 Å². The predicted octanol–water partition coefficient (Wildman–Crippen LogP) is 2.42. The topological polar surface area (TPSA) is 112 Å². The fourth-order valence-corrected chi connectivity index (χ4v) is 2.91. The number of fused-ring (bicyclic) bond motifs is 1. The summed E-state index contributed by atoms with van der Waals surface area (Å²) >= 11 is 0. The number of aromatic nitrogens is 1. The second-order valence-corrected chi connectivity index (χ2v) is 6.90. The second-order valence-electron chi connectivity index (χ2n) is 6.90. The maximum atomic E-state index is 12.3. The normalized spacial score (nSPS) is 12.8. The highest BCUT2D eigenvalue weighted by Crippen LogP contribution is 2.32. The Hall–Kier alpha value is -4.01. The molecule has 0 aliphatic carbocycles. The van der Waals surface area contributed by atoms with Crippen molar-refractivity contribution in [3.63, 3.8) is 0 Å².